The fraction of sp³-hybridized carbons (Fsp3) is 0.393. The number of allylic oxidation sites excluding steroid dienone is 1. The summed E-state index contributed by atoms with van der Waals surface area (Å²) in [4.78, 5) is 39.4. The van der Waals surface area contributed by atoms with Gasteiger partial charge in [0.2, 0.25) is 5.91 Å². The predicted molar refractivity (Wildman–Crippen MR) is 133 cm³/mol. The second-order valence-corrected chi connectivity index (χ2v) is 9.13. The van der Waals surface area contributed by atoms with Gasteiger partial charge in [-0.15, -0.1) is 6.58 Å². The minimum atomic E-state index is -0.890. The number of nitrogens with zero attached hydrogens (tertiary/aromatic N) is 1. The Balaban J connectivity index is 1.44. The molecule has 1 saturated heterocycles. The fourth-order valence-corrected chi connectivity index (χ4v) is 5.44. The van der Waals surface area contributed by atoms with Gasteiger partial charge >= 0.3 is 12.1 Å². The number of amides is 2. The van der Waals surface area contributed by atoms with E-state index in [4.69, 9.17) is 4.74 Å². The van der Waals surface area contributed by atoms with Gasteiger partial charge in [0.25, 0.3) is 0 Å². The molecule has 7 heteroatoms. The number of rotatable bonds is 9. The zero-order valence-corrected chi connectivity index (χ0v) is 20.0. The van der Waals surface area contributed by atoms with Crippen LogP contribution in [0.4, 0.5) is 4.79 Å². The maximum absolute atomic E-state index is 13.3. The minimum Gasteiger partial charge on any atom is -0.481 e. The van der Waals surface area contributed by atoms with Gasteiger partial charge in [-0.1, -0.05) is 61.5 Å². The summed E-state index contributed by atoms with van der Waals surface area (Å²) in [5.74, 6) is -1.82. The van der Waals surface area contributed by atoms with E-state index in [0.717, 1.165) is 22.3 Å². The van der Waals surface area contributed by atoms with E-state index < -0.39 is 24.0 Å². The maximum atomic E-state index is 13.3. The van der Waals surface area contributed by atoms with Gasteiger partial charge in [0.1, 0.15) is 12.6 Å². The first-order chi connectivity index (χ1) is 17.0. The summed E-state index contributed by atoms with van der Waals surface area (Å²) in [6, 6.07) is 15.0. The van der Waals surface area contributed by atoms with Crippen LogP contribution in [0.25, 0.3) is 11.1 Å². The molecule has 0 saturated carbocycles. The van der Waals surface area contributed by atoms with E-state index in [1.54, 1.807) is 11.0 Å². The number of hydrogen-bond acceptors (Lipinski definition) is 4. The van der Waals surface area contributed by atoms with Crippen molar-refractivity contribution in [3.63, 3.8) is 0 Å². The van der Waals surface area contributed by atoms with Crippen molar-refractivity contribution >= 4 is 18.0 Å². The molecule has 1 aliphatic carbocycles. The highest BCUT2D eigenvalue weighted by Crippen LogP contribution is 2.44. The number of fused-ring (bicyclic) bond motifs is 3. The monoisotopic (exact) mass is 476 g/mol. The smallest absolute Gasteiger partial charge is 0.407 e. The second-order valence-electron chi connectivity index (χ2n) is 9.13. The van der Waals surface area contributed by atoms with Gasteiger partial charge in [-0.3, -0.25) is 9.59 Å². The molecule has 2 aromatic carbocycles. The Morgan fingerprint density at radius 1 is 1.14 bits per heavy atom. The molecule has 1 heterocycles. The zero-order valence-electron chi connectivity index (χ0n) is 20.0. The molecule has 2 amide bonds. The molecule has 0 spiro atoms. The summed E-state index contributed by atoms with van der Waals surface area (Å²) < 4.78 is 5.63. The van der Waals surface area contributed by atoms with Crippen molar-refractivity contribution in [2.24, 2.45) is 5.92 Å². The van der Waals surface area contributed by atoms with E-state index in [0.29, 0.717) is 32.2 Å². The SMILES string of the molecule is C=CCCC(NC(=O)OCC1c2ccccc2-c2ccccc21)C(=O)N1CCC(C(=O)O)C1CC. The number of carbonyl (C=O) groups excluding carboxylic acids is 2. The zero-order chi connectivity index (χ0) is 24.9. The van der Waals surface area contributed by atoms with E-state index in [1.165, 1.54) is 0 Å². The third kappa shape index (κ3) is 4.94. The summed E-state index contributed by atoms with van der Waals surface area (Å²) in [7, 11) is 0. The highest BCUT2D eigenvalue weighted by molar-refractivity contribution is 5.87. The maximum Gasteiger partial charge on any atom is 0.407 e. The summed E-state index contributed by atoms with van der Waals surface area (Å²) >= 11 is 0. The van der Waals surface area contributed by atoms with Gasteiger partial charge in [0.15, 0.2) is 0 Å². The quantitative estimate of drug-likeness (QED) is 0.517. The van der Waals surface area contributed by atoms with Gasteiger partial charge in [-0.2, -0.15) is 0 Å². The molecular formula is C28H32N2O5. The molecule has 1 fully saturated rings. The molecule has 1 aliphatic heterocycles. The largest absolute Gasteiger partial charge is 0.481 e. The average Bonchev–Trinajstić information content (AvgIpc) is 3.44. The number of aliphatic carboxylic acids is 1. The highest BCUT2D eigenvalue weighted by atomic mass is 16.5. The van der Waals surface area contributed by atoms with Crippen LogP contribution >= 0.6 is 0 Å². The first-order valence-electron chi connectivity index (χ1n) is 12.2. The molecule has 2 aliphatic rings. The number of hydrogen-bond donors (Lipinski definition) is 2. The standard InChI is InChI=1S/C28H32N2O5/c1-3-5-14-24(26(31)30-16-15-22(27(32)33)25(30)4-2)29-28(34)35-17-23-20-12-8-6-10-18(20)19-11-7-9-13-21(19)23/h3,6-13,22-25H,1,4-5,14-17H2,2H3,(H,29,34)(H,32,33). The van der Waals surface area contributed by atoms with Crippen LogP contribution in [0.1, 0.15) is 49.7 Å². The van der Waals surface area contributed by atoms with Crippen molar-refractivity contribution in [1.29, 1.82) is 0 Å². The third-order valence-electron chi connectivity index (χ3n) is 7.16. The van der Waals surface area contributed by atoms with Crippen LogP contribution in [0.2, 0.25) is 0 Å². The van der Waals surface area contributed by atoms with E-state index in [2.05, 4.69) is 36.2 Å². The molecule has 7 nitrogen and oxygen atoms in total. The Morgan fingerprint density at radius 3 is 2.34 bits per heavy atom. The predicted octanol–water partition coefficient (Wildman–Crippen LogP) is 4.57. The molecule has 2 aromatic rings. The first-order valence-corrected chi connectivity index (χ1v) is 12.2. The van der Waals surface area contributed by atoms with Crippen molar-refractivity contribution in [2.75, 3.05) is 13.2 Å². The molecule has 184 valence electrons. The Morgan fingerprint density at radius 2 is 1.77 bits per heavy atom. The topological polar surface area (TPSA) is 95.9 Å². The van der Waals surface area contributed by atoms with Gasteiger partial charge in [-0.05, 0) is 47.9 Å². The lowest BCUT2D eigenvalue weighted by molar-refractivity contribution is -0.143. The number of carbonyl (C=O) groups is 3. The Kier molecular flexibility index (Phi) is 7.54. The first kappa shape index (κ1) is 24.5. The van der Waals surface area contributed by atoms with E-state index in [-0.39, 0.29) is 24.5 Å². The highest BCUT2D eigenvalue weighted by Gasteiger charge is 2.42. The van der Waals surface area contributed by atoms with E-state index >= 15 is 0 Å². The van der Waals surface area contributed by atoms with E-state index in [1.807, 2.05) is 31.2 Å². The number of carboxylic acid groups (broad SMARTS) is 1. The molecule has 0 radical (unpaired) electrons. The van der Waals surface area contributed by atoms with Crippen molar-refractivity contribution in [2.45, 2.75) is 50.6 Å². The van der Waals surface area contributed by atoms with Crippen LogP contribution < -0.4 is 5.32 Å². The Bertz CT molecular complexity index is 1070. The van der Waals surface area contributed by atoms with Crippen molar-refractivity contribution < 1.29 is 24.2 Å². The summed E-state index contributed by atoms with van der Waals surface area (Å²) in [6.45, 7) is 6.12. The van der Waals surface area contributed by atoms with Crippen molar-refractivity contribution in [3.05, 3.63) is 72.3 Å². The summed E-state index contributed by atoms with van der Waals surface area (Å²) in [5, 5.41) is 12.3. The second kappa shape index (κ2) is 10.8. The van der Waals surface area contributed by atoms with Gasteiger partial charge < -0.3 is 20.1 Å². The molecule has 4 rings (SSSR count). The summed E-state index contributed by atoms with van der Waals surface area (Å²) in [5.41, 5.74) is 4.51. The lowest BCUT2D eigenvalue weighted by Gasteiger charge is -2.30. The number of likely N-dealkylation sites (tertiary alicyclic amines) is 1. The van der Waals surface area contributed by atoms with Crippen LogP contribution in [-0.2, 0) is 14.3 Å². The number of benzene rings is 2. The van der Waals surface area contributed by atoms with Crippen molar-refractivity contribution in [3.8, 4) is 11.1 Å². The summed E-state index contributed by atoms with van der Waals surface area (Å²) in [6.07, 6.45) is 2.91. The number of alkyl carbamates (subject to hydrolysis) is 1. The molecular weight excluding hydrogens is 444 g/mol. The van der Waals surface area contributed by atoms with Crippen LogP contribution in [0.15, 0.2) is 61.2 Å². The van der Waals surface area contributed by atoms with Crippen LogP contribution in [0, 0.1) is 5.92 Å². The molecule has 0 aromatic heterocycles. The Labute approximate surface area is 205 Å². The number of carboxylic acids is 1. The lowest BCUT2D eigenvalue weighted by atomic mass is 9.98. The van der Waals surface area contributed by atoms with Crippen LogP contribution in [0.5, 0.6) is 0 Å². The van der Waals surface area contributed by atoms with Gasteiger partial charge in [-0.25, -0.2) is 4.79 Å². The van der Waals surface area contributed by atoms with Crippen LogP contribution in [0.3, 0.4) is 0 Å². The van der Waals surface area contributed by atoms with Crippen LogP contribution in [-0.4, -0.2) is 53.2 Å². The number of ether oxygens (including phenoxy) is 1. The Hall–Kier alpha value is -3.61. The molecule has 3 atom stereocenters. The number of nitrogens with one attached hydrogen (secondary N) is 1. The van der Waals surface area contributed by atoms with E-state index in [9.17, 15) is 19.5 Å². The fourth-order valence-electron chi connectivity index (χ4n) is 5.44. The molecule has 3 unspecified atom stereocenters. The molecule has 0 bridgehead atoms. The van der Waals surface area contributed by atoms with Gasteiger partial charge in [0, 0.05) is 18.5 Å². The molecule has 2 N–H and O–H groups in total. The lowest BCUT2D eigenvalue weighted by Crippen LogP contribution is -2.51. The van der Waals surface area contributed by atoms with Gasteiger partial charge in [0.05, 0.1) is 5.92 Å². The van der Waals surface area contributed by atoms with Crippen molar-refractivity contribution in [1.82, 2.24) is 10.2 Å². The normalized spacial score (nSPS) is 19.5. The minimum absolute atomic E-state index is 0.0742. The average molecular weight is 477 g/mol. The molecule has 35 heavy (non-hydrogen) atoms. The third-order valence-corrected chi connectivity index (χ3v) is 7.16.